The summed E-state index contributed by atoms with van der Waals surface area (Å²) in [5.41, 5.74) is 0. The number of hydrogen-bond donors (Lipinski definition) is 0. The molecule has 4 fully saturated rings. The van der Waals surface area contributed by atoms with E-state index in [2.05, 4.69) is 9.97 Å². The lowest BCUT2D eigenvalue weighted by Gasteiger charge is -2.46. The van der Waals surface area contributed by atoms with Crippen molar-refractivity contribution >= 4 is 17.8 Å². The zero-order valence-corrected chi connectivity index (χ0v) is 16.8. The smallest absolute Gasteiger partial charge is 0.262 e. The maximum atomic E-state index is 14.3. The number of hydrogen-bond acceptors (Lipinski definition) is 6. The maximum Gasteiger partial charge on any atom is 0.262 e. The topological polar surface area (TPSA) is 72.9 Å². The standard InChI is InChI=1S/C20H26F2N6O2/c21-20(22)10-16(28(13-20)15-11-27(12-15)17(29)14-2-3-14)18(30)25-6-8-26(9-7-25)19-23-4-1-5-24-19/h1,4-5,14-16H,2-3,6-13H2/t16-/m0/s1. The molecule has 1 saturated carbocycles. The van der Waals surface area contributed by atoms with E-state index in [1.807, 2.05) is 4.90 Å². The number of halogens is 2. The minimum Gasteiger partial charge on any atom is -0.339 e. The van der Waals surface area contributed by atoms with Crippen molar-refractivity contribution in [2.75, 3.05) is 50.7 Å². The third kappa shape index (κ3) is 3.73. The minimum atomic E-state index is -2.87. The predicted molar refractivity (Wildman–Crippen MR) is 104 cm³/mol. The van der Waals surface area contributed by atoms with Crippen LogP contribution < -0.4 is 4.90 Å². The number of amides is 2. The normalized spacial score (nSPS) is 27.3. The highest BCUT2D eigenvalue weighted by Gasteiger charge is 2.54. The van der Waals surface area contributed by atoms with Crippen LogP contribution in [0, 0.1) is 5.92 Å². The summed E-state index contributed by atoms with van der Waals surface area (Å²) in [5.74, 6) is -2.21. The molecule has 0 radical (unpaired) electrons. The Hall–Kier alpha value is -2.36. The van der Waals surface area contributed by atoms with E-state index < -0.39 is 24.9 Å². The van der Waals surface area contributed by atoms with Crippen molar-refractivity contribution in [1.82, 2.24) is 24.7 Å². The van der Waals surface area contributed by atoms with Crippen molar-refractivity contribution in [2.24, 2.45) is 5.92 Å². The summed E-state index contributed by atoms with van der Waals surface area (Å²) in [5, 5.41) is 0. The van der Waals surface area contributed by atoms with E-state index in [-0.39, 0.29) is 23.8 Å². The highest BCUT2D eigenvalue weighted by atomic mass is 19.3. The van der Waals surface area contributed by atoms with Crippen LogP contribution in [0.1, 0.15) is 19.3 Å². The third-order valence-corrected chi connectivity index (χ3v) is 6.59. The highest BCUT2D eigenvalue weighted by molar-refractivity contribution is 5.83. The molecular formula is C20H26F2N6O2. The minimum absolute atomic E-state index is 0.133. The van der Waals surface area contributed by atoms with Gasteiger partial charge in [-0.1, -0.05) is 0 Å². The van der Waals surface area contributed by atoms with Crippen LogP contribution in [-0.2, 0) is 9.59 Å². The number of anilines is 1. The first-order valence-corrected chi connectivity index (χ1v) is 10.6. The van der Waals surface area contributed by atoms with Crippen LogP contribution in [0.25, 0.3) is 0 Å². The first-order chi connectivity index (χ1) is 14.4. The average Bonchev–Trinajstić information content (AvgIpc) is 3.51. The second-order valence-electron chi connectivity index (χ2n) is 8.78. The van der Waals surface area contributed by atoms with Gasteiger partial charge in [0, 0.05) is 70.0 Å². The summed E-state index contributed by atoms with van der Waals surface area (Å²) in [4.78, 5) is 40.8. The van der Waals surface area contributed by atoms with Gasteiger partial charge in [-0.2, -0.15) is 0 Å². The Balaban J connectivity index is 1.20. The van der Waals surface area contributed by atoms with Gasteiger partial charge in [-0.05, 0) is 18.9 Å². The largest absolute Gasteiger partial charge is 0.339 e. The number of likely N-dealkylation sites (tertiary alicyclic amines) is 2. The molecule has 5 rings (SSSR count). The molecule has 4 aliphatic rings. The summed E-state index contributed by atoms with van der Waals surface area (Å²) >= 11 is 0. The van der Waals surface area contributed by atoms with Gasteiger partial charge in [0.2, 0.25) is 17.8 Å². The van der Waals surface area contributed by atoms with E-state index in [9.17, 15) is 18.4 Å². The molecule has 10 heteroatoms. The molecule has 0 bridgehead atoms. The second kappa shape index (κ2) is 7.40. The Bertz CT molecular complexity index is 807. The summed E-state index contributed by atoms with van der Waals surface area (Å²) in [7, 11) is 0. The molecule has 1 aromatic rings. The molecule has 3 saturated heterocycles. The fraction of sp³-hybridized carbons (Fsp3) is 0.700. The van der Waals surface area contributed by atoms with Crippen molar-refractivity contribution in [2.45, 2.75) is 37.3 Å². The third-order valence-electron chi connectivity index (χ3n) is 6.59. The van der Waals surface area contributed by atoms with Crippen LogP contribution in [0.3, 0.4) is 0 Å². The van der Waals surface area contributed by atoms with Gasteiger partial charge in [0.1, 0.15) is 0 Å². The van der Waals surface area contributed by atoms with E-state index >= 15 is 0 Å². The van der Waals surface area contributed by atoms with E-state index in [1.165, 1.54) is 0 Å². The molecule has 2 amide bonds. The van der Waals surface area contributed by atoms with Crippen LogP contribution in [0.15, 0.2) is 18.5 Å². The Morgan fingerprint density at radius 1 is 0.967 bits per heavy atom. The van der Waals surface area contributed by atoms with Crippen LogP contribution >= 0.6 is 0 Å². The zero-order valence-electron chi connectivity index (χ0n) is 16.8. The van der Waals surface area contributed by atoms with Gasteiger partial charge < -0.3 is 14.7 Å². The number of carbonyl (C=O) groups is 2. The van der Waals surface area contributed by atoms with Crippen LogP contribution in [0.5, 0.6) is 0 Å². The maximum absolute atomic E-state index is 14.3. The predicted octanol–water partition coefficient (Wildman–Crippen LogP) is 0.456. The Kier molecular flexibility index (Phi) is 4.83. The van der Waals surface area contributed by atoms with Crippen molar-refractivity contribution in [3.8, 4) is 0 Å². The molecule has 0 spiro atoms. The molecule has 0 N–H and O–H groups in total. The fourth-order valence-corrected chi connectivity index (χ4v) is 4.68. The molecule has 1 aliphatic carbocycles. The van der Waals surface area contributed by atoms with E-state index in [0.29, 0.717) is 45.2 Å². The van der Waals surface area contributed by atoms with Crippen molar-refractivity contribution < 1.29 is 18.4 Å². The van der Waals surface area contributed by atoms with Crippen LogP contribution in [0.4, 0.5) is 14.7 Å². The van der Waals surface area contributed by atoms with E-state index in [4.69, 9.17) is 0 Å². The molecule has 0 unspecified atom stereocenters. The van der Waals surface area contributed by atoms with Gasteiger partial charge in [0.15, 0.2) is 0 Å². The molecule has 3 aliphatic heterocycles. The Morgan fingerprint density at radius 2 is 1.63 bits per heavy atom. The number of piperazine rings is 1. The fourth-order valence-electron chi connectivity index (χ4n) is 4.68. The van der Waals surface area contributed by atoms with Gasteiger partial charge in [0.05, 0.1) is 12.6 Å². The van der Waals surface area contributed by atoms with Gasteiger partial charge in [0.25, 0.3) is 5.92 Å². The molecule has 162 valence electrons. The molecule has 1 aromatic heterocycles. The lowest BCUT2D eigenvalue weighted by atomic mass is 10.0. The summed E-state index contributed by atoms with van der Waals surface area (Å²) in [6.45, 7) is 2.58. The Labute approximate surface area is 173 Å². The number of nitrogens with zero attached hydrogens (tertiary/aromatic N) is 6. The molecular weight excluding hydrogens is 394 g/mol. The molecule has 1 atom stereocenters. The van der Waals surface area contributed by atoms with Gasteiger partial charge >= 0.3 is 0 Å². The lowest BCUT2D eigenvalue weighted by Crippen LogP contribution is -2.64. The summed E-state index contributed by atoms with van der Waals surface area (Å²) < 4.78 is 28.5. The first-order valence-electron chi connectivity index (χ1n) is 10.6. The van der Waals surface area contributed by atoms with E-state index in [0.717, 1.165) is 12.8 Å². The van der Waals surface area contributed by atoms with Crippen molar-refractivity contribution in [1.29, 1.82) is 0 Å². The van der Waals surface area contributed by atoms with Gasteiger partial charge in [-0.25, -0.2) is 18.7 Å². The van der Waals surface area contributed by atoms with Crippen molar-refractivity contribution in [3.63, 3.8) is 0 Å². The Morgan fingerprint density at radius 3 is 2.27 bits per heavy atom. The van der Waals surface area contributed by atoms with Gasteiger partial charge in [-0.3, -0.25) is 14.5 Å². The van der Waals surface area contributed by atoms with E-state index in [1.54, 1.807) is 33.2 Å². The van der Waals surface area contributed by atoms with Crippen LogP contribution in [-0.4, -0.2) is 100 Å². The summed E-state index contributed by atoms with van der Waals surface area (Å²) in [6.07, 6.45) is 4.77. The number of aromatic nitrogens is 2. The lowest BCUT2D eigenvalue weighted by molar-refractivity contribution is -0.144. The average molecular weight is 420 g/mol. The molecule has 4 heterocycles. The zero-order chi connectivity index (χ0) is 20.9. The van der Waals surface area contributed by atoms with Crippen LogP contribution in [0.2, 0.25) is 0 Å². The number of alkyl halides is 2. The van der Waals surface area contributed by atoms with Gasteiger partial charge in [-0.15, -0.1) is 0 Å². The highest BCUT2D eigenvalue weighted by Crippen LogP contribution is 2.38. The molecule has 0 aromatic carbocycles. The number of rotatable bonds is 4. The number of carbonyl (C=O) groups excluding carboxylic acids is 2. The quantitative estimate of drug-likeness (QED) is 0.705. The first kappa shape index (κ1) is 19.6. The molecule has 30 heavy (non-hydrogen) atoms. The molecule has 8 nitrogen and oxygen atoms in total. The SMILES string of the molecule is O=C(C1CC1)N1CC(N2CC(F)(F)C[C@H]2C(=O)N2CCN(c3ncccn3)CC2)C1. The second-order valence-corrected chi connectivity index (χ2v) is 8.78. The monoisotopic (exact) mass is 420 g/mol. The summed E-state index contributed by atoms with van der Waals surface area (Å²) in [6, 6.07) is 0.773. The van der Waals surface area contributed by atoms with Crippen molar-refractivity contribution in [3.05, 3.63) is 18.5 Å².